The molecular weight excluding hydrogens is 654 g/mol. The minimum Gasteiger partial charge on any atom is -0.437 e. The van der Waals surface area contributed by atoms with Crippen molar-refractivity contribution in [1.82, 2.24) is 15.2 Å². The number of benzene rings is 3. The van der Waals surface area contributed by atoms with Crippen LogP contribution in [-0.2, 0) is 16.0 Å². The van der Waals surface area contributed by atoms with Crippen molar-refractivity contribution in [3.8, 4) is 11.6 Å². The molecular formula is C40H42ClN3O6. The van der Waals surface area contributed by atoms with Gasteiger partial charge in [-0.3, -0.25) is 19.0 Å². The zero-order chi connectivity index (χ0) is 35.4. The third-order valence-corrected chi connectivity index (χ3v) is 11.0. The molecule has 8 rings (SSSR count). The van der Waals surface area contributed by atoms with E-state index < -0.39 is 11.6 Å². The maximum atomic E-state index is 14.0. The molecule has 1 aromatic heterocycles. The van der Waals surface area contributed by atoms with Crippen LogP contribution in [0.4, 0.5) is 4.79 Å². The summed E-state index contributed by atoms with van der Waals surface area (Å²) in [6.45, 7) is 5.85. The summed E-state index contributed by atoms with van der Waals surface area (Å²) < 4.78 is 12.2. The summed E-state index contributed by atoms with van der Waals surface area (Å²) in [5.74, 6) is 1.22. The first kappa shape index (κ1) is 33.8. The molecule has 9 nitrogen and oxygen atoms in total. The summed E-state index contributed by atoms with van der Waals surface area (Å²) >= 11 is 6.37. The first-order valence-electron chi connectivity index (χ1n) is 17.2. The van der Waals surface area contributed by atoms with E-state index in [1.165, 1.54) is 7.11 Å². The fourth-order valence-corrected chi connectivity index (χ4v) is 8.82. The summed E-state index contributed by atoms with van der Waals surface area (Å²) in [6, 6.07) is 21.5. The fraction of sp³-hybridized carbons (Fsp3) is 0.400. The zero-order valence-electron chi connectivity index (χ0n) is 28.8. The Kier molecular flexibility index (Phi) is 8.75. The lowest BCUT2D eigenvalue weighted by atomic mass is 9.51. The second-order valence-electron chi connectivity index (χ2n) is 15.3. The molecule has 0 unspecified atom stereocenters. The molecule has 5 atom stereocenters. The van der Waals surface area contributed by atoms with Crippen LogP contribution in [0.1, 0.15) is 74.4 Å². The number of nitrogens with one attached hydrogen (secondary N) is 2. The van der Waals surface area contributed by atoms with E-state index >= 15 is 0 Å². The Morgan fingerprint density at radius 1 is 0.940 bits per heavy atom. The normalized spacial score (nSPS) is 23.8. The van der Waals surface area contributed by atoms with Gasteiger partial charge in [-0.1, -0.05) is 62.7 Å². The molecule has 0 saturated heterocycles. The van der Waals surface area contributed by atoms with Crippen molar-refractivity contribution < 1.29 is 23.9 Å². The fourth-order valence-electron chi connectivity index (χ4n) is 8.66. The van der Waals surface area contributed by atoms with Crippen molar-refractivity contribution >= 4 is 40.5 Å². The highest BCUT2D eigenvalue weighted by atomic mass is 35.5. The lowest BCUT2D eigenvalue weighted by Crippen LogP contribution is -2.67. The Labute approximate surface area is 296 Å². The molecule has 4 aromatic rings. The van der Waals surface area contributed by atoms with Crippen LogP contribution in [0.2, 0.25) is 5.02 Å². The number of aromatic nitrogens is 1. The summed E-state index contributed by atoms with van der Waals surface area (Å²) in [4.78, 5) is 53.1. The minimum atomic E-state index is -0.962. The van der Waals surface area contributed by atoms with Gasteiger partial charge < -0.3 is 20.1 Å². The molecule has 0 radical (unpaired) electrons. The number of methoxy groups -OCH3 is 1. The van der Waals surface area contributed by atoms with Crippen molar-refractivity contribution in [3.05, 3.63) is 105 Å². The van der Waals surface area contributed by atoms with Crippen LogP contribution in [0.3, 0.4) is 0 Å². The van der Waals surface area contributed by atoms with Crippen LogP contribution in [0.5, 0.6) is 5.88 Å². The van der Waals surface area contributed by atoms with Crippen molar-refractivity contribution in [2.75, 3.05) is 7.11 Å². The van der Waals surface area contributed by atoms with Gasteiger partial charge in [-0.05, 0) is 97.9 Å². The van der Waals surface area contributed by atoms with Gasteiger partial charge >= 0.3 is 6.16 Å². The lowest BCUT2D eigenvalue weighted by Gasteiger charge is -2.60. The largest absolute Gasteiger partial charge is 0.514 e. The number of para-hydroxylation sites is 1. The van der Waals surface area contributed by atoms with E-state index in [1.807, 2.05) is 63.2 Å². The predicted octanol–water partition coefficient (Wildman–Crippen LogP) is 7.22. The van der Waals surface area contributed by atoms with Crippen LogP contribution in [0.25, 0.3) is 16.6 Å². The molecule has 1 heterocycles. The molecule has 2 N–H and O–H groups in total. The zero-order valence-corrected chi connectivity index (χ0v) is 29.5. The Hall–Kier alpha value is -4.63. The summed E-state index contributed by atoms with van der Waals surface area (Å²) in [6.07, 6.45) is 4.12. The highest BCUT2D eigenvalue weighted by Crippen LogP contribution is 2.56. The van der Waals surface area contributed by atoms with Crippen LogP contribution < -0.4 is 20.8 Å². The number of carbonyl (C=O) groups is 3. The number of halogens is 1. The number of fused-ring (bicyclic) bond motifs is 1. The van der Waals surface area contributed by atoms with E-state index in [2.05, 4.69) is 10.6 Å². The Morgan fingerprint density at radius 3 is 2.26 bits per heavy atom. The van der Waals surface area contributed by atoms with Gasteiger partial charge in [0.05, 0.1) is 18.2 Å². The highest BCUT2D eigenvalue weighted by molar-refractivity contribution is 6.31. The standard InChI is InChI=1S/C40H42ClN3O6/c1-39(2,3)37(47)43-40-20-24-16-26(21-40)33(27(17-24)22-40)42-35(46)25-12-10-23(11-13-25)18-31-34(45)30-15-14-28(41)19-32(30)44(29-8-6-5-7-9-29)36(31)50-38(48)49-4/h5-15,19,24,26-27,33H,16-18,20-22H2,1-4H3,(H,42,46)(H,43,47)/t24-,26-,27+,33-,40+. The SMILES string of the molecule is COC(=O)Oc1c(Cc2ccc(C(=O)N[C@@H]3[C@@H]4C[C@@H]5C[C@H]3C[C@](NC(=O)C(C)(C)C)(C5)C4)cc2)c(=O)c2ccc(Cl)cc2n1-c1ccccc1. The molecule has 3 aromatic carbocycles. The van der Waals surface area contributed by atoms with E-state index in [0.717, 1.165) is 37.7 Å². The maximum Gasteiger partial charge on any atom is 0.514 e. The topological polar surface area (TPSA) is 116 Å². The van der Waals surface area contributed by atoms with Crippen LogP contribution in [-0.4, -0.2) is 41.2 Å². The monoisotopic (exact) mass is 695 g/mol. The number of amides is 2. The second kappa shape index (κ2) is 12.9. The quantitative estimate of drug-likeness (QED) is 0.197. The van der Waals surface area contributed by atoms with E-state index in [0.29, 0.717) is 44.9 Å². The number of ether oxygens (including phenoxy) is 2. The van der Waals surface area contributed by atoms with E-state index in [-0.39, 0.29) is 46.7 Å². The molecule has 4 fully saturated rings. The molecule has 4 bridgehead atoms. The highest BCUT2D eigenvalue weighted by Gasteiger charge is 2.56. The molecule has 2 amide bonds. The Balaban J connectivity index is 1.14. The number of nitrogens with zero attached hydrogens (tertiary/aromatic N) is 1. The molecule has 10 heteroatoms. The van der Waals surface area contributed by atoms with E-state index in [4.69, 9.17) is 21.1 Å². The minimum absolute atomic E-state index is 0.0305. The number of pyridine rings is 1. The van der Waals surface area contributed by atoms with Gasteiger partial charge in [0.25, 0.3) is 5.91 Å². The van der Waals surface area contributed by atoms with Gasteiger partial charge in [0, 0.05) is 45.1 Å². The van der Waals surface area contributed by atoms with Gasteiger partial charge in [-0.15, -0.1) is 0 Å². The summed E-state index contributed by atoms with van der Waals surface area (Å²) in [5, 5.41) is 7.62. The smallest absolute Gasteiger partial charge is 0.437 e. The van der Waals surface area contributed by atoms with Gasteiger partial charge in [0.1, 0.15) is 0 Å². The third-order valence-electron chi connectivity index (χ3n) is 10.8. The van der Waals surface area contributed by atoms with E-state index in [9.17, 15) is 19.2 Å². The third kappa shape index (κ3) is 6.39. The molecule has 4 aliphatic rings. The number of rotatable bonds is 7. The van der Waals surface area contributed by atoms with Gasteiger partial charge in [-0.2, -0.15) is 0 Å². The lowest BCUT2D eigenvalue weighted by molar-refractivity contribution is -0.135. The van der Waals surface area contributed by atoms with Crippen LogP contribution in [0.15, 0.2) is 77.6 Å². The second-order valence-corrected chi connectivity index (χ2v) is 15.8. The molecule has 260 valence electrons. The average molecular weight is 696 g/mol. The number of hydrogen-bond donors (Lipinski definition) is 2. The van der Waals surface area contributed by atoms with E-state index in [1.54, 1.807) is 34.9 Å². The van der Waals surface area contributed by atoms with Crippen LogP contribution >= 0.6 is 11.6 Å². The molecule has 0 aliphatic heterocycles. The Morgan fingerprint density at radius 2 is 1.62 bits per heavy atom. The number of hydrogen-bond acceptors (Lipinski definition) is 6. The van der Waals surface area contributed by atoms with Crippen molar-refractivity contribution in [3.63, 3.8) is 0 Å². The van der Waals surface area contributed by atoms with Crippen LogP contribution in [0, 0.1) is 23.2 Å². The predicted molar refractivity (Wildman–Crippen MR) is 192 cm³/mol. The maximum absolute atomic E-state index is 14.0. The summed E-state index contributed by atoms with van der Waals surface area (Å²) in [5.41, 5.74) is 1.77. The Bertz CT molecular complexity index is 2020. The first-order valence-corrected chi connectivity index (χ1v) is 17.6. The first-order chi connectivity index (χ1) is 23.8. The molecule has 4 aliphatic carbocycles. The van der Waals surface area contributed by atoms with Gasteiger partial charge in [0.2, 0.25) is 11.8 Å². The van der Waals surface area contributed by atoms with Crippen molar-refractivity contribution in [1.29, 1.82) is 0 Å². The summed E-state index contributed by atoms with van der Waals surface area (Å²) in [7, 11) is 1.21. The van der Waals surface area contributed by atoms with Gasteiger partial charge in [-0.25, -0.2) is 4.79 Å². The molecule has 4 saturated carbocycles. The van der Waals surface area contributed by atoms with Crippen molar-refractivity contribution in [2.45, 2.75) is 70.9 Å². The average Bonchev–Trinajstić information content (AvgIpc) is 3.07. The number of carbonyl (C=O) groups excluding carboxylic acids is 3. The van der Waals surface area contributed by atoms with Crippen molar-refractivity contribution in [2.24, 2.45) is 23.2 Å². The van der Waals surface area contributed by atoms with Gasteiger partial charge in [0.15, 0.2) is 5.43 Å². The molecule has 50 heavy (non-hydrogen) atoms. The molecule has 0 spiro atoms.